The van der Waals surface area contributed by atoms with Crippen LogP contribution >= 0.6 is 0 Å². The highest BCUT2D eigenvalue weighted by atomic mass is 16.5. The van der Waals surface area contributed by atoms with Crippen LogP contribution in [0.5, 0.6) is 11.5 Å². The molecule has 1 aromatic heterocycles. The smallest absolute Gasteiger partial charge is 0.255 e. The normalized spacial score (nSPS) is 10.3. The molecule has 0 aliphatic rings. The third-order valence-corrected chi connectivity index (χ3v) is 3.77. The summed E-state index contributed by atoms with van der Waals surface area (Å²) in [6.07, 6.45) is 3.64. The zero-order chi connectivity index (χ0) is 17.6. The molecule has 0 aliphatic carbocycles. The minimum atomic E-state index is -0.211. The maximum atomic E-state index is 12.5. The molecule has 3 aromatic rings. The first-order valence-corrected chi connectivity index (χ1v) is 7.79. The average molecular weight is 337 g/mol. The molecule has 1 N–H and O–H groups in total. The van der Waals surface area contributed by atoms with Gasteiger partial charge in [-0.15, -0.1) is 0 Å². The van der Waals surface area contributed by atoms with Gasteiger partial charge >= 0.3 is 0 Å². The number of anilines is 1. The predicted molar refractivity (Wildman–Crippen MR) is 95.3 cm³/mol. The summed E-state index contributed by atoms with van der Waals surface area (Å²) in [6.45, 7) is 0.665. The highest BCUT2D eigenvalue weighted by Crippen LogP contribution is 2.29. The summed E-state index contributed by atoms with van der Waals surface area (Å²) >= 11 is 0. The van der Waals surface area contributed by atoms with Crippen molar-refractivity contribution in [2.45, 2.75) is 6.54 Å². The van der Waals surface area contributed by atoms with Gasteiger partial charge in [0.2, 0.25) is 0 Å². The standard InChI is InChI=1S/C19H19N3O3/c1-24-16-8-9-18(25-2)17(12-16)21-19(23)15-6-4-14(5-7-15)13-22-11-3-10-20-22/h3-12H,13H2,1-2H3,(H,21,23). The van der Waals surface area contributed by atoms with Gasteiger partial charge < -0.3 is 14.8 Å². The summed E-state index contributed by atoms with van der Waals surface area (Å²) in [4.78, 5) is 12.5. The maximum Gasteiger partial charge on any atom is 0.255 e. The average Bonchev–Trinajstić information content (AvgIpc) is 3.15. The number of hydrogen-bond donors (Lipinski definition) is 1. The molecule has 6 nitrogen and oxygen atoms in total. The molecule has 0 fully saturated rings. The first kappa shape index (κ1) is 16.6. The summed E-state index contributed by atoms with van der Waals surface area (Å²) in [7, 11) is 3.13. The largest absolute Gasteiger partial charge is 0.497 e. The van der Waals surface area contributed by atoms with E-state index in [1.807, 2.05) is 29.1 Å². The Bertz CT molecular complexity index is 843. The SMILES string of the molecule is COc1ccc(OC)c(NC(=O)c2ccc(Cn3cccn3)cc2)c1. The van der Waals surface area contributed by atoms with E-state index in [2.05, 4.69) is 10.4 Å². The lowest BCUT2D eigenvalue weighted by atomic mass is 10.1. The minimum absolute atomic E-state index is 0.211. The quantitative estimate of drug-likeness (QED) is 0.750. The summed E-state index contributed by atoms with van der Waals surface area (Å²) in [5, 5.41) is 7.03. The van der Waals surface area contributed by atoms with Gasteiger partial charge in [0.15, 0.2) is 0 Å². The number of amides is 1. The molecule has 0 spiro atoms. The lowest BCUT2D eigenvalue weighted by molar-refractivity contribution is 0.102. The number of carbonyl (C=O) groups is 1. The van der Waals surface area contributed by atoms with Crippen molar-refractivity contribution < 1.29 is 14.3 Å². The molecule has 0 saturated carbocycles. The number of methoxy groups -OCH3 is 2. The van der Waals surface area contributed by atoms with E-state index in [9.17, 15) is 4.79 Å². The van der Waals surface area contributed by atoms with E-state index in [-0.39, 0.29) is 5.91 Å². The molecule has 0 saturated heterocycles. The van der Waals surface area contributed by atoms with Crippen LogP contribution in [0, 0.1) is 0 Å². The van der Waals surface area contributed by atoms with E-state index >= 15 is 0 Å². The zero-order valence-electron chi connectivity index (χ0n) is 14.1. The van der Waals surface area contributed by atoms with Crippen molar-refractivity contribution in [3.05, 3.63) is 72.1 Å². The second-order valence-electron chi connectivity index (χ2n) is 5.42. The molecule has 1 amide bonds. The number of rotatable bonds is 6. The van der Waals surface area contributed by atoms with Crippen molar-refractivity contribution in [1.29, 1.82) is 0 Å². The van der Waals surface area contributed by atoms with Gasteiger partial charge in [-0.2, -0.15) is 5.10 Å². The number of hydrogen-bond acceptors (Lipinski definition) is 4. The first-order valence-electron chi connectivity index (χ1n) is 7.79. The van der Waals surface area contributed by atoms with Crippen molar-refractivity contribution in [2.75, 3.05) is 19.5 Å². The number of aromatic nitrogens is 2. The van der Waals surface area contributed by atoms with Crippen LogP contribution < -0.4 is 14.8 Å². The molecular formula is C19H19N3O3. The molecule has 2 aromatic carbocycles. The monoisotopic (exact) mass is 337 g/mol. The fourth-order valence-corrected chi connectivity index (χ4v) is 2.45. The molecule has 0 aliphatic heterocycles. The number of nitrogens with one attached hydrogen (secondary N) is 1. The van der Waals surface area contributed by atoms with E-state index in [1.165, 1.54) is 0 Å². The van der Waals surface area contributed by atoms with Gasteiger partial charge in [0.1, 0.15) is 11.5 Å². The number of nitrogens with zero attached hydrogens (tertiary/aromatic N) is 2. The van der Waals surface area contributed by atoms with Gasteiger partial charge in [-0.1, -0.05) is 12.1 Å². The van der Waals surface area contributed by atoms with Gasteiger partial charge in [-0.05, 0) is 35.9 Å². The third kappa shape index (κ3) is 3.98. The van der Waals surface area contributed by atoms with E-state index in [4.69, 9.17) is 9.47 Å². The Morgan fingerprint density at radius 1 is 1.12 bits per heavy atom. The fourth-order valence-electron chi connectivity index (χ4n) is 2.45. The lowest BCUT2D eigenvalue weighted by Crippen LogP contribution is -2.13. The number of ether oxygens (including phenoxy) is 2. The molecule has 25 heavy (non-hydrogen) atoms. The van der Waals surface area contributed by atoms with Crippen LogP contribution in [0.15, 0.2) is 60.9 Å². The Labute approximate surface area is 146 Å². The van der Waals surface area contributed by atoms with Crippen LogP contribution in [0.2, 0.25) is 0 Å². The van der Waals surface area contributed by atoms with Crippen LogP contribution in [0.1, 0.15) is 15.9 Å². The molecule has 0 bridgehead atoms. The number of benzene rings is 2. The molecule has 1 heterocycles. The summed E-state index contributed by atoms with van der Waals surface area (Å²) in [5.74, 6) is 1.01. The molecule has 128 valence electrons. The maximum absolute atomic E-state index is 12.5. The Kier molecular flexibility index (Phi) is 4.99. The van der Waals surface area contributed by atoms with Crippen LogP contribution in [0.4, 0.5) is 5.69 Å². The molecule has 3 rings (SSSR count). The number of carbonyl (C=O) groups excluding carboxylic acids is 1. The summed E-state index contributed by atoms with van der Waals surface area (Å²) < 4.78 is 12.3. The van der Waals surface area contributed by atoms with Crippen molar-refractivity contribution in [3.8, 4) is 11.5 Å². The van der Waals surface area contributed by atoms with E-state index in [1.54, 1.807) is 50.7 Å². The van der Waals surface area contributed by atoms with Crippen LogP contribution in [-0.4, -0.2) is 29.9 Å². The Morgan fingerprint density at radius 2 is 1.92 bits per heavy atom. The highest BCUT2D eigenvalue weighted by Gasteiger charge is 2.11. The second-order valence-corrected chi connectivity index (χ2v) is 5.42. The Balaban J connectivity index is 1.73. The Hall–Kier alpha value is -3.28. The minimum Gasteiger partial charge on any atom is -0.497 e. The predicted octanol–water partition coefficient (Wildman–Crippen LogP) is 3.20. The first-order chi connectivity index (χ1) is 12.2. The van der Waals surface area contributed by atoms with Gasteiger partial charge in [-0.25, -0.2) is 0 Å². The van der Waals surface area contributed by atoms with Crippen molar-refractivity contribution in [1.82, 2.24) is 9.78 Å². The summed E-state index contributed by atoms with van der Waals surface area (Å²) in [6, 6.07) is 14.5. The zero-order valence-corrected chi connectivity index (χ0v) is 14.1. The van der Waals surface area contributed by atoms with Gasteiger partial charge in [0, 0.05) is 24.0 Å². The Morgan fingerprint density at radius 3 is 2.56 bits per heavy atom. The van der Waals surface area contributed by atoms with Crippen LogP contribution in [0.25, 0.3) is 0 Å². The molecule has 0 radical (unpaired) electrons. The van der Waals surface area contributed by atoms with E-state index < -0.39 is 0 Å². The lowest BCUT2D eigenvalue weighted by Gasteiger charge is -2.12. The van der Waals surface area contributed by atoms with Crippen molar-refractivity contribution in [3.63, 3.8) is 0 Å². The topological polar surface area (TPSA) is 65.4 Å². The van der Waals surface area contributed by atoms with Crippen molar-refractivity contribution >= 4 is 11.6 Å². The highest BCUT2D eigenvalue weighted by molar-refractivity contribution is 6.05. The molecule has 0 unspecified atom stereocenters. The van der Waals surface area contributed by atoms with Gasteiger partial charge in [0.25, 0.3) is 5.91 Å². The summed E-state index contributed by atoms with van der Waals surface area (Å²) in [5.41, 5.74) is 2.20. The van der Waals surface area contributed by atoms with E-state index in [0.29, 0.717) is 29.3 Å². The molecule has 6 heteroatoms. The van der Waals surface area contributed by atoms with Crippen LogP contribution in [-0.2, 0) is 6.54 Å². The van der Waals surface area contributed by atoms with Crippen LogP contribution in [0.3, 0.4) is 0 Å². The molecular weight excluding hydrogens is 318 g/mol. The fraction of sp³-hybridized carbons (Fsp3) is 0.158. The van der Waals surface area contributed by atoms with Crippen molar-refractivity contribution in [2.24, 2.45) is 0 Å². The van der Waals surface area contributed by atoms with E-state index in [0.717, 1.165) is 5.56 Å². The van der Waals surface area contributed by atoms with Gasteiger partial charge in [0.05, 0.1) is 26.5 Å². The van der Waals surface area contributed by atoms with Gasteiger partial charge in [-0.3, -0.25) is 9.48 Å². The molecule has 0 atom stereocenters. The third-order valence-electron chi connectivity index (χ3n) is 3.77. The second kappa shape index (κ2) is 7.53.